The summed E-state index contributed by atoms with van der Waals surface area (Å²) in [6.07, 6.45) is 0.0158. The van der Waals surface area contributed by atoms with Crippen LogP contribution in [0.2, 0.25) is 0 Å². The Morgan fingerprint density at radius 2 is 1.84 bits per heavy atom. The Labute approximate surface area is 222 Å². The molecule has 38 heavy (non-hydrogen) atoms. The first-order valence-electron chi connectivity index (χ1n) is 12.5. The number of amides is 3. The van der Waals surface area contributed by atoms with Gasteiger partial charge in [0.2, 0.25) is 0 Å². The fourth-order valence-corrected chi connectivity index (χ4v) is 4.38. The number of hydrogen-bond acceptors (Lipinski definition) is 6. The van der Waals surface area contributed by atoms with Gasteiger partial charge in [-0.15, -0.1) is 0 Å². The number of non-ortho nitro benzene ring substituents is 1. The molecule has 0 spiro atoms. The second kappa shape index (κ2) is 11.9. The quantitative estimate of drug-likeness (QED) is 0.290. The van der Waals surface area contributed by atoms with E-state index in [0.717, 1.165) is 11.1 Å². The number of nitro benzene ring substituents is 1. The van der Waals surface area contributed by atoms with Crippen molar-refractivity contribution in [2.45, 2.75) is 53.2 Å². The van der Waals surface area contributed by atoms with Crippen molar-refractivity contribution < 1.29 is 24.0 Å². The Balaban J connectivity index is 1.87. The number of rotatable bonds is 9. The van der Waals surface area contributed by atoms with Gasteiger partial charge < -0.3 is 19.9 Å². The highest BCUT2D eigenvalue weighted by molar-refractivity contribution is 5.95. The SMILES string of the molecule is CC1=C(C(=O)OC(C)C)C(c2cccc([N+](=O)[O-])c2)N(CCCN(C)C(=O)c2ccc(C)c(C)c2)C(=O)N1. The summed E-state index contributed by atoms with van der Waals surface area (Å²) >= 11 is 0. The number of carbonyl (C=O) groups is 3. The summed E-state index contributed by atoms with van der Waals surface area (Å²) in [4.78, 5) is 53.1. The van der Waals surface area contributed by atoms with E-state index in [9.17, 15) is 24.5 Å². The van der Waals surface area contributed by atoms with Crippen LogP contribution in [0.25, 0.3) is 0 Å². The van der Waals surface area contributed by atoms with Crippen LogP contribution in [-0.4, -0.2) is 58.9 Å². The summed E-state index contributed by atoms with van der Waals surface area (Å²) in [5, 5.41) is 14.2. The molecule has 10 heteroatoms. The smallest absolute Gasteiger partial charge is 0.338 e. The van der Waals surface area contributed by atoms with Gasteiger partial charge in [-0.05, 0) is 69.9 Å². The summed E-state index contributed by atoms with van der Waals surface area (Å²) in [6.45, 7) is 9.52. The lowest BCUT2D eigenvalue weighted by Gasteiger charge is -2.38. The molecule has 3 amide bonds. The molecular weight excluding hydrogens is 488 g/mol. The first kappa shape index (κ1) is 28.4. The van der Waals surface area contributed by atoms with Crippen molar-refractivity contribution in [2.75, 3.05) is 20.1 Å². The summed E-state index contributed by atoms with van der Waals surface area (Å²) in [5.41, 5.74) is 3.51. The molecule has 0 bridgehead atoms. The Morgan fingerprint density at radius 3 is 2.47 bits per heavy atom. The third-order valence-corrected chi connectivity index (χ3v) is 6.50. The van der Waals surface area contributed by atoms with E-state index in [1.807, 2.05) is 26.0 Å². The van der Waals surface area contributed by atoms with Crippen LogP contribution >= 0.6 is 0 Å². The third kappa shape index (κ3) is 6.37. The normalized spacial score (nSPS) is 15.4. The molecule has 202 valence electrons. The monoisotopic (exact) mass is 522 g/mol. The highest BCUT2D eigenvalue weighted by atomic mass is 16.6. The van der Waals surface area contributed by atoms with Crippen LogP contribution in [-0.2, 0) is 9.53 Å². The number of nitrogens with zero attached hydrogens (tertiary/aromatic N) is 3. The molecule has 1 aliphatic heterocycles. The maximum atomic E-state index is 13.1. The highest BCUT2D eigenvalue weighted by Crippen LogP contribution is 2.36. The van der Waals surface area contributed by atoms with Crippen molar-refractivity contribution in [1.29, 1.82) is 0 Å². The molecule has 0 aliphatic carbocycles. The van der Waals surface area contributed by atoms with Gasteiger partial charge in [-0.2, -0.15) is 0 Å². The Bertz CT molecular complexity index is 1290. The van der Waals surface area contributed by atoms with E-state index in [1.54, 1.807) is 44.9 Å². The summed E-state index contributed by atoms with van der Waals surface area (Å²) in [5.74, 6) is -0.746. The van der Waals surface area contributed by atoms with Crippen molar-refractivity contribution in [1.82, 2.24) is 15.1 Å². The fraction of sp³-hybridized carbons (Fsp3) is 0.393. The summed E-state index contributed by atoms with van der Waals surface area (Å²) in [6, 6.07) is 10.1. The van der Waals surface area contributed by atoms with Gasteiger partial charge >= 0.3 is 12.0 Å². The Kier molecular flexibility index (Phi) is 8.88. The zero-order chi connectivity index (χ0) is 28.1. The second-order valence-electron chi connectivity index (χ2n) is 9.75. The average molecular weight is 523 g/mol. The van der Waals surface area contributed by atoms with E-state index >= 15 is 0 Å². The minimum absolute atomic E-state index is 0.136. The standard InChI is InChI=1S/C28H34N4O6/c1-17(2)38-27(34)24-20(5)29-28(35)31(25(24)21-9-7-10-23(16-21)32(36)37)14-8-13-30(6)26(33)22-12-11-18(3)19(4)15-22/h7,9-12,15-17,25H,8,13-14H2,1-6H3,(H,29,35). The van der Waals surface area contributed by atoms with E-state index in [2.05, 4.69) is 5.32 Å². The van der Waals surface area contributed by atoms with Crippen molar-refractivity contribution in [3.63, 3.8) is 0 Å². The second-order valence-corrected chi connectivity index (χ2v) is 9.75. The topological polar surface area (TPSA) is 122 Å². The minimum Gasteiger partial charge on any atom is -0.459 e. The van der Waals surface area contributed by atoms with E-state index in [4.69, 9.17) is 4.74 Å². The molecule has 1 aliphatic rings. The van der Waals surface area contributed by atoms with Gasteiger partial charge in [0, 0.05) is 43.5 Å². The molecule has 2 aromatic carbocycles. The molecular formula is C28H34N4O6. The number of carbonyl (C=O) groups excluding carboxylic acids is 3. The van der Waals surface area contributed by atoms with Crippen LogP contribution in [0.3, 0.4) is 0 Å². The molecule has 2 aromatic rings. The van der Waals surface area contributed by atoms with Crippen LogP contribution in [0.15, 0.2) is 53.7 Å². The number of ether oxygens (including phenoxy) is 1. The largest absolute Gasteiger partial charge is 0.459 e. The summed E-state index contributed by atoms with van der Waals surface area (Å²) in [7, 11) is 1.70. The minimum atomic E-state index is -0.893. The zero-order valence-electron chi connectivity index (χ0n) is 22.6. The summed E-state index contributed by atoms with van der Waals surface area (Å²) < 4.78 is 5.45. The molecule has 1 unspecified atom stereocenters. The van der Waals surface area contributed by atoms with Crippen molar-refractivity contribution in [3.05, 3.63) is 86.1 Å². The van der Waals surface area contributed by atoms with Crippen LogP contribution in [0.5, 0.6) is 0 Å². The first-order valence-corrected chi connectivity index (χ1v) is 12.5. The van der Waals surface area contributed by atoms with E-state index < -0.39 is 29.1 Å². The number of aryl methyl sites for hydroxylation is 2. The van der Waals surface area contributed by atoms with Gasteiger partial charge in [-0.3, -0.25) is 14.9 Å². The van der Waals surface area contributed by atoms with Gasteiger partial charge in [-0.1, -0.05) is 18.2 Å². The highest BCUT2D eigenvalue weighted by Gasteiger charge is 2.39. The molecule has 0 saturated heterocycles. The van der Waals surface area contributed by atoms with Crippen molar-refractivity contribution >= 4 is 23.6 Å². The maximum absolute atomic E-state index is 13.1. The van der Waals surface area contributed by atoms with Gasteiger partial charge in [-0.25, -0.2) is 9.59 Å². The lowest BCUT2D eigenvalue weighted by molar-refractivity contribution is -0.384. The lowest BCUT2D eigenvalue weighted by atomic mass is 9.93. The van der Waals surface area contributed by atoms with E-state index in [-0.39, 0.29) is 23.7 Å². The predicted molar refractivity (Wildman–Crippen MR) is 142 cm³/mol. The molecule has 3 rings (SSSR count). The van der Waals surface area contributed by atoms with Gasteiger partial charge in [0.25, 0.3) is 11.6 Å². The molecule has 0 fully saturated rings. The van der Waals surface area contributed by atoms with Crippen LogP contribution in [0.4, 0.5) is 10.5 Å². The fourth-order valence-electron chi connectivity index (χ4n) is 4.38. The lowest BCUT2D eigenvalue weighted by Crippen LogP contribution is -2.49. The predicted octanol–water partition coefficient (Wildman–Crippen LogP) is 4.67. The molecule has 1 heterocycles. The number of nitro groups is 1. The third-order valence-electron chi connectivity index (χ3n) is 6.50. The number of hydrogen-bond donors (Lipinski definition) is 1. The van der Waals surface area contributed by atoms with Crippen LogP contribution < -0.4 is 5.32 Å². The number of benzene rings is 2. The number of urea groups is 1. The van der Waals surface area contributed by atoms with Crippen LogP contribution in [0.1, 0.15) is 60.3 Å². The Morgan fingerprint density at radius 1 is 1.13 bits per heavy atom. The van der Waals surface area contributed by atoms with Crippen molar-refractivity contribution in [2.24, 2.45) is 0 Å². The van der Waals surface area contributed by atoms with Gasteiger partial charge in [0.05, 0.1) is 22.6 Å². The zero-order valence-corrected chi connectivity index (χ0v) is 22.6. The first-order chi connectivity index (χ1) is 17.9. The number of allylic oxidation sites excluding steroid dienone is 1. The molecule has 0 saturated carbocycles. The van der Waals surface area contributed by atoms with E-state index in [1.165, 1.54) is 23.1 Å². The van der Waals surface area contributed by atoms with Gasteiger partial charge in [0.1, 0.15) is 0 Å². The molecule has 1 atom stereocenters. The average Bonchev–Trinajstić information content (AvgIpc) is 2.85. The van der Waals surface area contributed by atoms with E-state index in [0.29, 0.717) is 29.8 Å². The molecule has 0 radical (unpaired) electrons. The molecule has 1 N–H and O–H groups in total. The van der Waals surface area contributed by atoms with Gasteiger partial charge in [0.15, 0.2) is 0 Å². The van der Waals surface area contributed by atoms with Crippen LogP contribution in [0, 0.1) is 24.0 Å². The Hall–Kier alpha value is -4.21. The number of nitrogens with one attached hydrogen (secondary N) is 1. The molecule has 0 aromatic heterocycles. The number of esters is 1. The maximum Gasteiger partial charge on any atom is 0.338 e. The van der Waals surface area contributed by atoms with Crippen molar-refractivity contribution in [3.8, 4) is 0 Å². The molecule has 10 nitrogen and oxygen atoms in total.